The highest BCUT2D eigenvalue weighted by molar-refractivity contribution is 4.52. The minimum absolute atomic E-state index is 0.159. The summed E-state index contributed by atoms with van der Waals surface area (Å²) >= 11 is 0. The minimum atomic E-state index is -0.159. The first kappa shape index (κ1) is 10.9. The molecule has 0 aliphatic rings. The smallest absolute Gasteiger partial charge is 0.0524 e. The van der Waals surface area contributed by atoms with E-state index in [0.717, 1.165) is 19.5 Å². The van der Waals surface area contributed by atoms with Crippen LogP contribution in [-0.4, -0.2) is 24.3 Å². The van der Waals surface area contributed by atoms with Gasteiger partial charge in [-0.05, 0) is 32.9 Å². The van der Waals surface area contributed by atoms with E-state index in [1.54, 1.807) is 0 Å². The lowest BCUT2D eigenvalue weighted by molar-refractivity contribution is 0.184. The molecule has 68 valence electrons. The highest BCUT2D eigenvalue weighted by Crippen LogP contribution is 1.91. The standard InChI is InChI=1S/C9H21NO/c1-3-4-5-7-10-8-6-9(2)11/h9-11H,3-8H2,1-2H3. The van der Waals surface area contributed by atoms with Crippen molar-refractivity contribution in [2.24, 2.45) is 0 Å². The zero-order chi connectivity index (χ0) is 8.53. The summed E-state index contributed by atoms with van der Waals surface area (Å²) in [4.78, 5) is 0. The third-order valence-corrected chi connectivity index (χ3v) is 1.70. The zero-order valence-electron chi connectivity index (χ0n) is 7.77. The van der Waals surface area contributed by atoms with E-state index < -0.39 is 0 Å². The number of aliphatic hydroxyl groups is 1. The van der Waals surface area contributed by atoms with Crippen LogP contribution in [0.15, 0.2) is 0 Å². The Labute approximate surface area is 70.0 Å². The van der Waals surface area contributed by atoms with E-state index in [2.05, 4.69) is 12.2 Å². The second-order valence-electron chi connectivity index (χ2n) is 3.09. The van der Waals surface area contributed by atoms with Crippen molar-refractivity contribution in [3.05, 3.63) is 0 Å². The third kappa shape index (κ3) is 9.92. The van der Waals surface area contributed by atoms with E-state index in [0.29, 0.717) is 0 Å². The first-order valence-electron chi connectivity index (χ1n) is 4.66. The van der Waals surface area contributed by atoms with Crippen molar-refractivity contribution >= 4 is 0 Å². The fraction of sp³-hybridized carbons (Fsp3) is 1.00. The number of aliphatic hydroxyl groups excluding tert-OH is 1. The first-order valence-corrected chi connectivity index (χ1v) is 4.66. The molecule has 1 unspecified atom stereocenters. The lowest BCUT2D eigenvalue weighted by atomic mass is 10.2. The molecule has 0 saturated heterocycles. The van der Waals surface area contributed by atoms with Crippen molar-refractivity contribution in [2.75, 3.05) is 13.1 Å². The van der Waals surface area contributed by atoms with Gasteiger partial charge < -0.3 is 10.4 Å². The molecular formula is C9H21NO. The number of rotatable bonds is 7. The largest absolute Gasteiger partial charge is 0.393 e. The fourth-order valence-electron chi connectivity index (χ4n) is 0.936. The summed E-state index contributed by atoms with van der Waals surface area (Å²) in [5.74, 6) is 0. The molecule has 0 aromatic rings. The topological polar surface area (TPSA) is 32.3 Å². The Balaban J connectivity index is 2.80. The molecule has 11 heavy (non-hydrogen) atoms. The third-order valence-electron chi connectivity index (χ3n) is 1.70. The highest BCUT2D eigenvalue weighted by Gasteiger charge is 1.93. The predicted octanol–water partition coefficient (Wildman–Crippen LogP) is 1.54. The van der Waals surface area contributed by atoms with E-state index in [1.807, 2.05) is 6.92 Å². The van der Waals surface area contributed by atoms with Crippen LogP contribution in [0.3, 0.4) is 0 Å². The summed E-state index contributed by atoms with van der Waals surface area (Å²) in [7, 11) is 0. The summed E-state index contributed by atoms with van der Waals surface area (Å²) in [6.07, 6.45) is 4.55. The van der Waals surface area contributed by atoms with E-state index in [9.17, 15) is 0 Å². The molecule has 0 aromatic carbocycles. The zero-order valence-corrected chi connectivity index (χ0v) is 7.77. The Kier molecular flexibility index (Phi) is 7.96. The summed E-state index contributed by atoms with van der Waals surface area (Å²) in [5, 5.41) is 12.2. The van der Waals surface area contributed by atoms with Gasteiger partial charge in [0.25, 0.3) is 0 Å². The Morgan fingerprint density at radius 3 is 2.55 bits per heavy atom. The summed E-state index contributed by atoms with van der Waals surface area (Å²) in [6, 6.07) is 0. The summed E-state index contributed by atoms with van der Waals surface area (Å²) in [6.45, 7) is 6.07. The number of nitrogens with one attached hydrogen (secondary N) is 1. The van der Waals surface area contributed by atoms with Crippen LogP contribution < -0.4 is 5.32 Å². The van der Waals surface area contributed by atoms with Gasteiger partial charge in [0.2, 0.25) is 0 Å². The monoisotopic (exact) mass is 159 g/mol. The molecule has 0 rings (SSSR count). The molecule has 0 aromatic heterocycles. The van der Waals surface area contributed by atoms with Crippen LogP contribution in [0.5, 0.6) is 0 Å². The van der Waals surface area contributed by atoms with Gasteiger partial charge in [0.05, 0.1) is 6.10 Å². The number of hydrogen-bond acceptors (Lipinski definition) is 2. The molecule has 2 heteroatoms. The second-order valence-corrected chi connectivity index (χ2v) is 3.09. The Bertz CT molecular complexity index is 74.0. The van der Waals surface area contributed by atoms with Crippen molar-refractivity contribution < 1.29 is 5.11 Å². The van der Waals surface area contributed by atoms with Gasteiger partial charge in [0, 0.05) is 0 Å². The molecule has 0 aliphatic heterocycles. The molecule has 0 bridgehead atoms. The van der Waals surface area contributed by atoms with Crippen molar-refractivity contribution in [1.82, 2.24) is 5.32 Å². The van der Waals surface area contributed by atoms with Crippen LogP contribution in [0.25, 0.3) is 0 Å². The van der Waals surface area contributed by atoms with E-state index >= 15 is 0 Å². The molecule has 0 spiro atoms. The maximum absolute atomic E-state index is 8.92. The van der Waals surface area contributed by atoms with Crippen molar-refractivity contribution in [1.29, 1.82) is 0 Å². The van der Waals surface area contributed by atoms with E-state index in [4.69, 9.17) is 5.11 Å². The molecule has 0 fully saturated rings. The number of unbranched alkanes of at least 4 members (excludes halogenated alkanes) is 2. The normalized spacial score (nSPS) is 13.4. The predicted molar refractivity (Wildman–Crippen MR) is 48.7 cm³/mol. The fourth-order valence-corrected chi connectivity index (χ4v) is 0.936. The number of hydrogen-bond donors (Lipinski definition) is 2. The van der Waals surface area contributed by atoms with Gasteiger partial charge in [-0.2, -0.15) is 0 Å². The molecule has 0 radical (unpaired) electrons. The van der Waals surface area contributed by atoms with Gasteiger partial charge in [0.1, 0.15) is 0 Å². The molecule has 0 aliphatic carbocycles. The van der Waals surface area contributed by atoms with Crippen LogP contribution in [0.2, 0.25) is 0 Å². The van der Waals surface area contributed by atoms with Crippen LogP contribution in [0.1, 0.15) is 39.5 Å². The van der Waals surface area contributed by atoms with Gasteiger partial charge in [0.15, 0.2) is 0 Å². The van der Waals surface area contributed by atoms with Gasteiger partial charge in [-0.25, -0.2) is 0 Å². The van der Waals surface area contributed by atoms with E-state index in [1.165, 1.54) is 19.3 Å². The lowest BCUT2D eigenvalue weighted by Gasteiger charge is -2.05. The van der Waals surface area contributed by atoms with Crippen LogP contribution in [-0.2, 0) is 0 Å². The van der Waals surface area contributed by atoms with Gasteiger partial charge in [-0.15, -0.1) is 0 Å². The maximum Gasteiger partial charge on any atom is 0.0524 e. The Hall–Kier alpha value is -0.0800. The average molecular weight is 159 g/mol. The Morgan fingerprint density at radius 1 is 1.27 bits per heavy atom. The molecule has 1 atom stereocenters. The molecule has 0 amide bonds. The quantitative estimate of drug-likeness (QED) is 0.552. The van der Waals surface area contributed by atoms with Gasteiger partial charge in [-0.3, -0.25) is 0 Å². The van der Waals surface area contributed by atoms with Crippen molar-refractivity contribution in [3.8, 4) is 0 Å². The van der Waals surface area contributed by atoms with Crippen LogP contribution in [0, 0.1) is 0 Å². The summed E-state index contributed by atoms with van der Waals surface area (Å²) < 4.78 is 0. The van der Waals surface area contributed by atoms with Crippen LogP contribution in [0.4, 0.5) is 0 Å². The van der Waals surface area contributed by atoms with E-state index in [-0.39, 0.29) is 6.10 Å². The molecule has 0 heterocycles. The first-order chi connectivity index (χ1) is 5.27. The maximum atomic E-state index is 8.92. The molecular weight excluding hydrogens is 138 g/mol. The SMILES string of the molecule is CCCCCNCCC(C)O. The minimum Gasteiger partial charge on any atom is -0.393 e. The molecule has 0 saturated carbocycles. The van der Waals surface area contributed by atoms with Gasteiger partial charge in [-0.1, -0.05) is 19.8 Å². The molecule has 2 N–H and O–H groups in total. The van der Waals surface area contributed by atoms with Crippen molar-refractivity contribution in [2.45, 2.75) is 45.6 Å². The van der Waals surface area contributed by atoms with Gasteiger partial charge >= 0.3 is 0 Å². The lowest BCUT2D eigenvalue weighted by Crippen LogP contribution is -2.20. The van der Waals surface area contributed by atoms with Crippen molar-refractivity contribution in [3.63, 3.8) is 0 Å². The Morgan fingerprint density at radius 2 is 2.00 bits per heavy atom. The summed E-state index contributed by atoms with van der Waals surface area (Å²) in [5.41, 5.74) is 0. The van der Waals surface area contributed by atoms with Crippen LogP contribution >= 0.6 is 0 Å². The second kappa shape index (κ2) is 8.02. The average Bonchev–Trinajstić information content (AvgIpc) is 1.96. The molecule has 2 nitrogen and oxygen atoms in total. The highest BCUT2D eigenvalue weighted by atomic mass is 16.3.